The first-order valence-corrected chi connectivity index (χ1v) is 8.70. The molecule has 0 bridgehead atoms. The Morgan fingerprint density at radius 2 is 2.12 bits per heavy atom. The second-order valence-corrected chi connectivity index (χ2v) is 7.11. The van der Waals surface area contributed by atoms with E-state index in [9.17, 15) is 0 Å². The maximum Gasteiger partial charge on any atom is 0.193 e. The van der Waals surface area contributed by atoms with Crippen LogP contribution in [0.1, 0.15) is 30.4 Å². The summed E-state index contributed by atoms with van der Waals surface area (Å²) in [5, 5.41) is 3.61. The Kier molecular flexibility index (Phi) is 6.92. The van der Waals surface area contributed by atoms with E-state index in [1.807, 2.05) is 7.05 Å². The highest BCUT2D eigenvalue weighted by Gasteiger charge is 2.45. The molecule has 0 amide bonds. The number of guanidine groups is 1. The van der Waals surface area contributed by atoms with Crippen LogP contribution in [-0.4, -0.2) is 51.3 Å². The van der Waals surface area contributed by atoms with Gasteiger partial charge in [0.25, 0.3) is 0 Å². The largest absolute Gasteiger partial charge is 0.381 e. The lowest BCUT2D eigenvalue weighted by Gasteiger charge is -2.27. The molecule has 4 nitrogen and oxygen atoms in total. The van der Waals surface area contributed by atoms with Crippen LogP contribution in [0.15, 0.2) is 29.3 Å². The molecule has 134 valence electrons. The van der Waals surface area contributed by atoms with Crippen molar-refractivity contribution in [3.05, 3.63) is 35.4 Å². The van der Waals surface area contributed by atoms with Gasteiger partial charge in [0.05, 0.1) is 6.61 Å². The second-order valence-electron chi connectivity index (χ2n) is 7.11. The van der Waals surface area contributed by atoms with E-state index in [1.54, 1.807) is 0 Å². The topological polar surface area (TPSA) is 36.9 Å². The lowest BCUT2D eigenvalue weighted by molar-refractivity contribution is 0.181. The highest BCUT2D eigenvalue weighted by atomic mass is 127. The van der Waals surface area contributed by atoms with Gasteiger partial charge in [0, 0.05) is 45.1 Å². The van der Waals surface area contributed by atoms with Crippen molar-refractivity contribution in [3.8, 4) is 0 Å². The predicted molar refractivity (Wildman–Crippen MR) is 110 cm³/mol. The van der Waals surface area contributed by atoms with Gasteiger partial charge in [-0.05, 0) is 37.3 Å². The number of nitrogens with one attached hydrogen (secondary N) is 1. The average Bonchev–Trinajstić information content (AvgIpc) is 3.16. The van der Waals surface area contributed by atoms with E-state index in [1.165, 1.54) is 24.0 Å². The van der Waals surface area contributed by atoms with Gasteiger partial charge in [0.1, 0.15) is 0 Å². The van der Waals surface area contributed by atoms with E-state index in [0.29, 0.717) is 11.3 Å². The normalized spacial score (nSPS) is 22.0. The molecule has 2 fully saturated rings. The van der Waals surface area contributed by atoms with Crippen LogP contribution in [0, 0.1) is 12.8 Å². The van der Waals surface area contributed by atoms with Crippen LogP contribution in [0.5, 0.6) is 0 Å². The van der Waals surface area contributed by atoms with Crippen molar-refractivity contribution >= 4 is 29.9 Å². The van der Waals surface area contributed by atoms with E-state index in [2.05, 4.69) is 53.4 Å². The van der Waals surface area contributed by atoms with Gasteiger partial charge in [0.15, 0.2) is 5.96 Å². The summed E-state index contributed by atoms with van der Waals surface area (Å²) in [6.45, 7) is 5.99. The number of hydrogen-bond acceptors (Lipinski definition) is 2. The summed E-state index contributed by atoms with van der Waals surface area (Å²) in [7, 11) is 4.00. The van der Waals surface area contributed by atoms with E-state index >= 15 is 0 Å². The molecule has 3 rings (SSSR count). The van der Waals surface area contributed by atoms with Crippen molar-refractivity contribution < 1.29 is 4.74 Å². The van der Waals surface area contributed by atoms with Gasteiger partial charge in [-0.3, -0.25) is 4.99 Å². The van der Waals surface area contributed by atoms with Crippen LogP contribution in [-0.2, 0) is 10.2 Å². The monoisotopic (exact) mass is 443 g/mol. The van der Waals surface area contributed by atoms with Crippen molar-refractivity contribution in [2.45, 2.75) is 31.6 Å². The molecule has 1 aromatic rings. The van der Waals surface area contributed by atoms with Crippen LogP contribution in [0.25, 0.3) is 0 Å². The molecule has 0 spiro atoms. The summed E-state index contributed by atoms with van der Waals surface area (Å²) in [6.07, 6.45) is 3.69. The zero-order chi connectivity index (χ0) is 16.3. The Bertz CT molecular complexity index is 565. The van der Waals surface area contributed by atoms with E-state index in [-0.39, 0.29) is 24.0 Å². The molecule has 1 aliphatic carbocycles. The SMILES string of the molecule is CN=C(NCC1(c2ccccc2C)CC1)N(C)CC1CCOC1.I. The zero-order valence-electron chi connectivity index (χ0n) is 15.0. The van der Waals surface area contributed by atoms with Crippen LogP contribution >= 0.6 is 24.0 Å². The highest BCUT2D eigenvalue weighted by molar-refractivity contribution is 14.0. The third-order valence-electron chi connectivity index (χ3n) is 5.28. The molecule has 1 aliphatic heterocycles. The van der Waals surface area contributed by atoms with Crippen molar-refractivity contribution in [3.63, 3.8) is 0 Å². The minimum absolute atomic E-state index is 0. The number of ether oxygens (including phenoxy) is 1. The molecular weight excluding hydrogens is 413 g/mol. The summed E-state index contributed by atoms with van der Waals surface area (Å²) >= 11 is 0. The zero-order valence-corrected chi connectivity index (χ0v) is 17.4. The minimum Gasteiger partial charge on any atom is -0.381 e. The summed E-state index contributed by atoms with van der Waals surface area (Å²) < 4.78 is 5.48. The third-order valence-corrected chi connectivity index (χ3v) is 5.28. The number of hydrogen-bond donors (Lipinski definition) is 1. The summed E-state index contributed by atoms with van der Waals surface area (Å²) in [4.78, 5) is 6.71. The average molecular weight is 443 g/mol. The number of nitrogens with zero attached hydrogens (tertiary/aromatic N) is 2. The van der Waals surface area contributed by atoms with E-state index < -0.39 is 0 Å². The van der Waals surface area contributed by atoms with Gasteiger partial charge in [-0.2, -0.15) is 0 Å². The van der Waals surface area contributed by atoms with E-state index in [0.717, 1.165) is 38.7 Å². The summed E-state index contributed by atoms with van der Waals surface area (Å²) in [5.74, 6) is 1.63. The fourth-order valence-electron chi connectivity index (χ4n) is 3.69. The Morgan fingerprint density at radius 1 is 1.38 bits per heavy atom. The predicted octanol–water partition coefficient (Wildman–Crippen LogP) is 3.19. The molecule has 1 heterocycles. The molecule has 1 unspecified atom stereocenters. The lowest BCUT2D eigenvalue weighted by atomic mass is 9.92. The number of aliphatic imine (C=N–C) groups is 1. The van der Waals surface area contributed by atoms with Crippen LogP contribution in [0.3, 0.4) is 0 Å². The van der Waals surface area contributed by atoms with Crippen molar-refractivity contribution in [1.29, 1.82) is 0 Å². The van der Waals surface area contributed by atoms with Gasteiger partial charge >= 0.3 is 0 Å². The second kappa shape index (κ2) is 8.52. The fraction of sp³-hybridized carbons (Fsp3) is 0.632. The maximum atomic E-state index is 5.48. The molecule has 0 radical (unpaired) electrons. The van der Waals surface area contributed by atoms with Crippen molar-refractivity contribution in [2.75, 3.05) is 40.4 Å². The Labute approximate surface area is 163 Å². The highest BCUT2D eigenvalue weighted by Crippen LogP contribution is 2.48. The smallest absolute Gasteiger partial charge is 0.193 e. The van der Waals surface area contributed by atoms with Gasteiger partial charge in [-0.1, -0.05) is 24.3 Å². The van der Waals surface area contributed by atoms with Crippen LogP contribution < -0.4 is 5.32 Å². The molecule has 2 aliphatic rings. The molecule has 1 N–H and O–H groups in total. The first-order valence-electron chi connectivity index (χ1n) is 8.70. The minimum atomic E-state index is 0. The van der Waals surface area contributed by atoms with Gasteiger partial charge < -0.3 is 15.0 Å². The number of benzene rings is 1. The quantitative estimate of drug-likeness (QED) is 0.432. The first-order chi connectivity index (χ1) is 11.1. The van der Waals surface area contributed by atoms with Gasteiger partial charge in [0.2, 0.25) is 0 Å². The standard InChI is InChI=1S/C19H29N3O.HI/c1-15-6-4-5-7-17(15)19(9-10-19)14-21-18(20-2)22(3)12-16-8-11-23-13-16;/h4-7,16H,8-14H2,1-3H3,(H,20,21);1H. The Balaban J connectivity index is 0.00000208. The Hall–Kier alpha value is -0.820. The van der Waals surface area contributed by atoms with Crippen LogP contribution in [0.2, 0.25) is 0 Å². The third kappa shape index (κ3) is 4.42. The molecule has 1 aromatic carbocycles. The molecule has 1 saturated heterocycles. The molecule has 1 atom stereocenters. The van der Waals surface area contributed by atoms with Crippen molar-refractivity contribution in [2.24, 2.45) is 10.9 Å². The number of aryl methyl sites for hydroxylation is 1. The lowest BCUT2D eigenvalue weighted by Crippen LogP contribution is -2.44. The summed E-state index contributed by atoms with van der Waals surface area (Å²) in [5.41, 5.74) is 3.20. The number of rotatable bonds is 5. The molecular formula is C19H30IN3O. The van der Waals surface area contributed by atoms with Crippen molar-refractivity contribution in [1.82, 2.24) is 10.2 Å². The van der Waals surface area contributed by atoms with Gasteiger partial charge in [-0.25, -0.2) is 0 Å². The summed E-state index contributed by atoms with van der Waals surface area (Å²) in [6, 6.07) is 8.78. The fourth-order valence-corrected chi connectivity index (χ4v) is 3.69. The Morgan fingerprint density at radius 3 is 2.71 bits per heavy atom. The number of halogens is 1. The van der Waals surface area contributed by atoms with E-state index in [4.69, 9.17) is 4.74 Å². The molecule has 24 heavy (non-hydrogen) atoms. The molecule has 5 heteroatoms. The molecule has 1 saturated carbocycles. The first kappa shape index (κ1) is 19.5. The van der Waals surface area contributed by atoms with Gasteiger partial charge in [-0.15, -0.1) is 24.0 Å². The molecule has 0 aromatic heterocycles. The van der Waals surface area contributed by atoms with Crippen LogP contribution in [0.4, 0.5) is 0 Å². The maximum absolute atomic E-state index is 5.48.